The van der Waals surface area contributed by atoms with E-state index in [4.69, 9.17) is 0 Å². The van der Waals surface area contributed by atoms with E-state index in [2.05, 4.69) is 24.1 Å². The molecular weight excluding hydrogens is 202 g/mol. The van der Waals surface area contributed by atoms with Gasteiger partial charge in [0.2, 0.25) is 0 Å². The van der Waals surface area contributed by atoms with Crippen molar-refractivity contribution in [3.05, 3.63) is 27.9 Å². The Morgan fingerprint density at radius 2 is 2.44 bits per heavy atom. The van der Waals surface area contributed by atoms with Gasteiger partial charge >= 0.3 is 0 Å². The summed E-state index contributed by atoms with van der Waals surface area (Å²) in [5.41, 5.74) is 1.99. The summed E-state index contributed by atoms with van der Waals surface area (Å²) < 4.78 is 1.76. The van der Waals surface area contributed by atoms with E-state index in [1.54, 1.807) is 10.9 Å². The molecule has 0 amide bonds. The molecule has 1 aromatic rings. The van der Waals surface area contributed by atoms with Crippen LogP contribution >= 0.6 is 0 Å². The van der Waals surface area contributed by atoms with Crippen LogP contribution in [0.5, 0.6) is 0 Å². The number of hydrogen-bond acceptors (Lipinski definition) is 3. The third-order valence-corrected chi connectivity index (χ3v) is 3.27. The van der Waals surface area contributed by atoms with E-state index in [0.29, 0.717) is 5.92 Å². The molecule has 1 aliphatic rings. The van der Waals surface area contributed by atoms with E-state index in [1.807, 2.05) is 0 Å². The third-order valence-electron chi connectivity index (χ3n) is 3.27. The Bertz CT molecular complexity index is 425. The van der Waals surface area contributed by atoms with Gasteiger partial charge in [0.25, 0.3) is 5.56 Å². The molecule has 2 heterocycles. The summed E-state index contributed by atoms with van der Waals surface area (Å²) in [6.45, 7) is 6.70. The number of rotatable bonds is 3. The predicted octanol–water partition coefficient (Wildman–Crippen LogP) is 0.935. The topological polar surface area (TPSA) is 46.9 Å². The van der Waals surface area contributed by atoms with Gasteiger partial charge in [0.15, 0.2) is 0 Å². The second-order valence-electron chi connectivity index (χ2n) is 4.57. The Morgan fingerprint density at radius 1 is 1.62 bits per heavy atom. The maximum atomic E-state index is 12.2. The van der Waals surface area contributed by atoms with E-state index < -0.39 is 0 Å². The van der Waals surface area contributed by atoms with Crippen LogP contribution in [-0.4, -0.2) is 16.1 Å². The summed E-state index contributed by atoms with van der Waals surface area (Å²) in [6.07, 6.45) is 3.59. The number of hydrogen-bond donors (Lipinski definition) is 1. The van der Waals surface area contributed by atoms with Gasteiger partial charge in [0.05, 0.1) is 12.0 Å². The lowest BCUT2D eigenvalue weighted by atomic mass is 10.1. The first-order valence-electron chi connectivity index (χ1n) is 6.00. The second-order valence-corrected chi connectivity index (χ2v) is 4.57. The van der Waals surface area contributed by atoms with Crippen LogP contribution < -0.4 is 10.9 Å². The molecule has 88 valence electrons. The Kier molecular flexibility index (Phi) is 3.39. The highest BCUT2D eigenvalue weighted by molar-refractivity contribution is 5.19. The van der Waals surface area contributed by atoms with Gasteiger partial charge in [-0.1, -0.05) is 20.3 Å². The molecule has 1 N–H and O–H groups in total. The monoisotopic (exact) mass is 221 g/mol. The molecule has 1 atom stereocenters. The van der Waals surface area contributed by atoms with Crippen molar-refractivity contribution in [2.45, 2.75) is 39.8 Å². The quantitative estimate of drug-likeness (QED) is 0.826. The molecule has 1 aliphatic heterocycles. The molecule has 0 saturated heterocycles. The highest BCUT2D eigenvalue weighted by atomic mass is 16.1. The van der Waals surface area contributed by atoms with Gasteiger partial charge in [-0.3, -0.25) is 9.36 Å². The van der Waals surface area contributed by atoms with Crippen LogP contribution in [-0.2, 0) is 19.5 Å². The third kappa shape index (κ3) is 2.16. The molecule has 0 fully saturated rings. The second kappa shape index (κ2) is 4.78. The smallest absolute Gasteiger partial charge is 0.256 e. The summed E-state index contributed by atoms with van der Waals surface area (Å²) in [5, 5.41) is 3.23. The Hall–Kier alpha value is -1.16. The molecule has 4 nitrogen and oxygen atoms in total. The fourth-order valence-corrected chi connectivity index (χ4v) is 1.99. The van der Waals surface area contributed by atoms with Gasteiger partial charge < -0.3 is 5.32 Å². The highest BCUT2D eigenvalue weighted by Crippen LogP contribution is 2.07. The summed E-state index contributed by atoms with van der Waals surface area (Å²) >= 11 is 0. The molecule has 1 unspecified atom stereocenters. The Balaban J connectivity index is 2.31. The largest absolute Gasteiger partial charge is 0.311 e. The fraction of sp³-hybridized carbons (Fsp3) is 0.667. The summed E-state index contributed by atoms with van der Waals surface area (Å²) in [7, 11) is 0. The van der Waals surface area contributed by atoms with Gasteiger partial charge in [-0.15, -0.1) is 0 Å². The lowest BCUT2D eigenvalue weighted by Crippen LogP contribution is -2.35. The standard InChI is InChI=1S/C12H19N3O/c1-3-9(2)7-15-8-14-11-6-13-5-4-10(11)12(15)16/h8-9,13H,3-7H2,1-2H3. The van der Waals surface area contributed by atoms with Crippen LogP contribution in [0.1, 0.15) is 31.5 Å². The first-order chi connectivity index (χ1) is 7.72. The minimum absolute atomic E-state index is 0.159. The van der Waals surface area contributed by atoms with Crippen LogP contribution in [0.3, 0.4) is 0 Å². The molecule has 0 radical (unpaired) electrons. The zero-order valence-electron chi connectivity index (χ0n) is 9.99. The zero-order chi connectivity index (χ0) is 11.5. The van der Waals surface area contributed by atoms with Gasteiger partial charge in [-0.05, 0) is 18.9 Å². The van der Waals surface area contributed by atoms with Crippen LogP contribution in [0.4, 0.5) is 0 Å². The van der Waals surface area contributed by atoms with E-state index in [9.17, 15) is 4.79 Å². The van der Waals surface area contributed by atoms with Crippen molar-refractivity contribution in [2.24, 2.45) is 5.92 Å². The van der Waals surface area contributed by atoms with Crippen LogP contribution in [0, 0.1) is 5.92 Å². The number of nitrogens with zero attached hydrogens (tertiary/aromatic N) is 2. The Morgan fingerprint density at radius 3 is 3.19 bits per heavy atom. The van der Waals surface area contributed by atoms with E-state index in [-0.39, 0.29) is 5.56 Å². The first kappa shape index (κ1) is 11.3. The predicted molar refractivity (Wildman–Crippen MR) is 63.4 cm³/mol. The lowest BCUT2D eigenvalue weighted by Gasteiger charge is -2.18. The van der Waals surface area contributed by atoms with Crippen molar-refractivity contribution in [3.63, 3.8) is 0 Å². The molecule has 0 aromatic carbocycles. The number of nitrogens with one attached hydrogen (secondary N) is 1. The van der Waals surface area contributed by atoms with Crippen molar-refractivity contribution in [1.82, 2.24) is 14.9 Å². The summed E-state index contributed by atoms with van der Waals surface area (Å²) in [4.78, 5) is 16.5. The average Bonchev–Trinajstić information content (AvgIpc) is 2.33. The van der Waals surface area contributed by atoms with Crippen molar-refractivity contribution in [2.75, 3.05) is 6.54 Å². The molecule has 0 aliphatic carbocycles. The SMILES string of the molecule is CCC(C)Cn1cnc2c(c1=O)CCNC2. The normalized spacial score (nSPS) is 16.9. The fourth-order valence-electron chi connectivity index (χ4n) is 1.99. The van der Waals surface area contributed by atoms with Gasteiger partial charge in [0, 0.05) is 18.7 Å². The van der Waals surface area contributed by atoms with E-state index in [1.165, 1.54) is 0 Å². The molecule has 0 saturated carbocycles. The summed E-state index contributed by atoms with van der Waals surface area (Å²) in [5.74, 6) is 0.527. The molecule has 0 bridgehead atoms. The van der Waals surface area contributed by atoms with Gasteiger partial charge in [-0.25, -0.2) is 4.98 Å². The minimum Gasteiger partial charge on any atom is -0.311 e. The van der Waals surface area contributed by atoms with Crippen LogP contribution in [0.25, 0.3) is 0 Å². The molecule has 1 aromatic heterocycles. The van der Waals surface area contributed by atoms with Gasteiger partial charge in [-0.2, -0.15) is 0 Å². The van der Waals surface area contributed by atoms with Crippen LogP contribution in [0.15, 0.2) is 11.1 Å². The first-order valence-corrected chi connectivity index (χ1v) is 6.00. The zero-order valence-corrected chi connectivity index (χ0v) is 9.99. The average molecular weight is 221 g/mol. The Labute approximate surface area is 95.7 Å². The van der Waals surface area contributed by atoms with Crippen LogP contribution in [0.2, 0.25) is 0 Å². The van der Waals surface area contributed by atoms with Crippen molar-refractivity contribution < 1.29 is 0 Å². The van der Waals surface area contributed by atoms with E-state index >= 15 is 0 Å². The number of fused-ring (bicyclic) bond motifs is 1. The van der Waals surface area contributed by atoms with Crippen molar-refractivity contribution in [1.29, 1.82) is 0 Å². The molecule has 4 heteroatoms. The lowest BCUT2D eigenvalue weighted by molar-refractivity contribution is 0.449. The maximum Gasteiger partial charge on any atom is 0.256 e. The molecule has 2 rings (SSSR count). The maximum absolute atomic E-state index is 12.2. The van der Waals surface area contributed by atoms with Crippen molar-refractivity contribution in [3.8, 4) is 0 Å². The molecule has 16 heavy (non-hydrogen) atoms. The van der Waals surface area contributed by atoms with E-state index in [0.717, 1.165) is 43.7 Å². The van der Waals surface area contributed by atoms with Gasteiger partial charge in [0.1, 0.15) is 0 Å². The molecule has 0 spiro atoms. The highest BCUT2D eigenvalue weighted by Gasteiger charge is 2.15. The molecular formula is C12H19N3O. The minimum atomic E-state index is 0.159. The van der Waals surface area contributed by atoms with Crippen molar-refractivity contribution >= 4 is 0 Å². The summed E-state index contributed by atoms with van der Waals surface area (Å²) in [6, 6.07) is 0. The number of aromatic nitrogens is 2.